The molecule has 0 aromatic heterocycles. The third-order valence-corrected chi connectivity index (χ3v) is 3.47. The van der Waals surface area contributed by atoms with Gasteiger partial charge in [-0.1, -0.05) is 44.2 Å². The summed E-state index contributed by atoms with van der Waals surface area (Å²) in [6.07, 6.45) is 0.297. The number of carbonyl (C=O) groups is 2. The van der Waals surface area contributed by atoms with Crippen LogP contribution in [0.1, 0.15) is 31.9 Å². The zero-order valence-electron chi connectivity index (χ0n) is 11.3. The minimum absolute atomic E-state index is 0.00981. The Labute approximate surface area is 113 Å². The van der Waals surface area contributed by atoms with Crippen molar-refractivity contribution < 1.29 is 9.59 Å². The molecule has 1 saturated heterocycles. The molecule has 4 nitrogen and oxygen atoms in total. The van der Waals surface area contributed by atoms with Crippen LogP contribution in [0.5, 0.6) is 0 Å². The van der Waals surface area contributed by atoms with Gasteiger partial charge < -0.3 is 10.6 Å². The van der Waals surface area contributed by atoms with Gasteiger partial charge in [-0.15, -0.1) is 0 Å². The number of benzene rings is 1. The molecule has 102 valence electrons. The molecule has 0 saturated carbocycles. The lowest BCUT2D eigenvalue weighted by Crippen LogP contribution is -2.37. The van der Waals surface area contributed by atoms with Gasteiger partial charge in [-0.05, 0) is 11.5 Å². The topological polar surface area (TPSA) is 58.2 Å². The molecule has 19 heavy (non-hydrogen) atoms. The third-order valence-electron chi connectivity index (χ3n) is 3.47. The molecule has 0 radical (unpaired) electrons. The van der Waals surface area contributed by atoms with E-state index in [1.165, 1.54) is 0 Å². The minimum Gasteiger partial charge on any atom is -0.355 e. The SMILES string of the molecule is CC(C)C(NC(=O)C1CNC(=O)C1)c1ccccc1. The fraction of sp³-hybridized carbons (Fsp3) is 0.467. The lowest BCUT2D eigenvalue weighted by atomic mass is 9.95. The second kappa shape index (κ2) is 5.87. The van der Waals surface area contributed by atoms with Gasteiger partial charge >= 0.3 is 0 Å². The van der Waals surface area contributed by atoms with Crippen molar-refractivity contribution in [2.75, 3.05) is 6.54 Å². The van der Waals surface area contributed by atoms with Gasteiger partial charge in [-0.25, -0.2) is 0 Å². The van der Waals surface area contributed by atoms with Gasteiger partial charge in [0.1, 0.15) is 0 Å². The van der Waals surface area contributed by atoms with Crippen LogP contribution in [-0.2, 0) is 9.59 Å². The maximum Gasteiger partial charge on any atom is 0.225 e. The van der Waals surface area contributed by atoms with Crippen molar-refractivity contribution in [1.82, 2.24) is 10.6 Å². The molecule has 2 N–H and O–H groups in total. The van der Waals surface area contributed by atoms with Crippen LogP contribution in [0.15, 0.2) is 30.3 Å². The Balaban J connectivity index is 2.05. The molecule has 4 heteroatoms. The molecule has 0 spiro atoms. The second-order valence-corrected chi connectivity index (χ2v) is 5.35. The van der Waals surface area contributed by atoms with Crippen LogP contribution in [0.4, 0.5) is 0 Å². The summed E-state index contributed by atoms with van der Waals surface area (Å²) >= 11 is 0. The number of rotatable bonds is 4. The van der Waals surface area contributed by atoms with Gasteiger partial charge in [0.2, 0.25) is 11.8 Å². The summed E-state index contributed by atoms with van der Waals surface area (Å²) in [6.45, 7) is 4.61. The lowest BCUT2D eigenvalue weighted by molar-refractivity contribution is -0.127. The van der Waals surface area contributed by atoms with Gasteiger partial charge in [0.05, 0.1) is 12.0 Å². The zero-order chi connectivity index (χ0) is 13.8. The molecule has 2 unspecified atom stereocenters. The zero-order valence-corrected chi connectivity index (χ0v) is 11.3. The molecule has 1 fully saturated rings. The first-order valence-electron chi connectivity index (χ1n) is 6.70. The maximum absolute atomic E-state index is 12.2. The Morgan fingerprint density at radius 2 is 2.00 bits per heavy atom. The van der Waals surface area contributed by atoms with Crippen molar-refractivity contribution in [2.45, 2.75) is 26.3 Å². The Bertz CT molecular complexity index is 456. The Kier molecular flexibility index (Phi) is 4.20. The standard InChI is InChI=1S/C15H20N2O2/c1-10(2)14(11-6-4-3-5-7-11)17-15(19)12-8-13(18)16-9-12/h3-7,10,12,14H,8-9H2,1-2H3,(H,16,18)(H,17,19). The molecule has 1 aliphatic rings. The van der Waals surface area contributed by atoms with Crippen molar-refractivity contribution in [3.8, 4) is 0 Å². The van der Waals surface area contributed by atoms with E-state index in [2.05, 4.69) is 24.5 Å². The molecule has 2 rings (SSSR count). The van der Waals surface area contributed by atoms with Gasteiger partial charge in [0.15, 0.2) is 0 Å². The fourth-order valence-electron chi connectivity index (χ4n) is 2.36. The molecule has 2 amide bonds. The van der Waals surface area contributed by atoms with Gasteiger partial charge in [-0.2, -0.15) is 0 Å². The highest BCUT2D eigenvalue weighted by Gasteiger charge is 2.30. The number of carbonyl (C=O) groups excluding carboxylic acids is 2. The summed E-state index contributed by atoms with van der Waals surface area (Å²) < 4.78 is 0. The van der Waals surface area contributed by atoms with Crippen molar-refractivity contribution >= 4 is 11.8 Å². The fourth-order valence-corrected chi connectivity index (χ4v) is 2.36. The van der Waals surface area contributed by atoms with Crippen molar-refractivity contribution in [1.29, 1.82) is 0 Å². The molecule has 1 aromatic carbocycles. The number of nitrogens with one attached hydrogen (secondary N) is 2. The Hall–Kier alpha value is -1.84. The smallest absolute Gasteiger partial charge is 0.225 e. The first-order valence-corrected chi connectivity index (χ1v) is 6.70. The number of amides is 2. The molecule has 1 heterocycles. The van der Waals surface area contributed by atoms with E-state index < -0.39 is 0 Å². The number of hydrogen-bond acceptors (Lipinski definition) is 2. The van der Waals surface area contributed by atoms with E-state index in [1.807, 2.05) is 30.3 Å². The third kappa shape index (κ3) is 3.34. The van der Waals surface area contributed by atoms with E-state index in [4.69, 9.17) is 0 Å². The van der Waals surface area contributed by atoms with Crippen LogP contribution < -0.4 is 10.6 Å². The van der Waals surface area contributed by atoms with E-state index >= 15 is 0 Å². The van der Waals surface area contributed by atoms with Crippen molar-refractivity contribution in [2.24, 2.45) is 11.8 Å². The van der Waals surface area contributed by atoms with E-state index in [-0.39, 0.29) is 23.8 Å². The highest BCUT2D eigenvalue weighted by molar-refractivity contribution is 5.89. The van der Waals surface area contributed by atoms with Crippen LogP contribution in [0.3, 0.4) is 0 Å². The lowest BCUT2D eigenvalue weighted by Gasteiger charge is -2.24. The molecule has 0 bridgehead atoms. The van der Waals surface area contributed by atoms with Crippen LogP contribution >= 0.6 is 0 Å². The van der Waals surface area contributed by atoms with Gasteiger partial charge in [-0.3, -0.25) is 9.59 Å². The van der Waals surface area contributed by atoms with E-state index in [9.17, 15) is 9.59 Å². The summed E-state index contributed by atoms with van der Waals surface area (Å²) in [7, 11) is 0. The predicted octanol–water partition coefficient (Wildman–Crippen LogP) is 1.64. The quantitative estimate of drug-likeness (QED) is 0.864. The molecular formula is C15H20N2O2. The van der Waals surface area contributed by atoms with Crippen molar-refractivity contribution in [3.63, 3.8) is 0 Å². The second-order valence-electron chi connectivity index (χ2n) is 5.35. The molecular weight excluding hydrogens is 240 g/mol. The molecule has 0 aliphatic carbocycles. The first-order chi connectivity index (χ1) is 9.08. The number of hydrogen-bond donors (Lipinski definition) is 2. The first kappa shape index (κ1) is 13.6. The van der Waals surface area contributed by atoms with Crippen LogP contribution in [0, 0.1) is 11.8 Å². The average Bonchev–Trinajstić information content (AvgIpc) is 2.83. The van der Waals surface area contributed by atoms with Gasteiger partial charge in [0.25, 0.3) is 0 Å². The highest BCUT2D eigenvalue weighted by Crippen LogP contribution is 2.22. The largest absolute Gasteiger partial charge is 0.355 e. The van der Waals surface area contributed by atoms with Crippen molar-refractivity contribution in [3.05, 3.63) is 35.9 Å². The normalized spacial score (nSPS) is 20.2. The molecule has 1 aromatic rings. The highest BCUT2D eigenvalue weighted by atomic mass is 16.2. The summed E-state index contributed by atoms with van der Waals surface area (Å²) in [6, 6.07) is 9.92. The van der Waals surface area contributed by atoms with Crippen LogP contribution in [0.25, 0.3) is 0 Å². The average molecular weight is 260 g/mol. The van der Waals surface area contributed by atoms with Crippen LogP contribution in [-0.4, -0.2) is 18.4 Å². The Morgan fingerprint density at radius 1 is 1.32 bits per heavy atom. The molecule has 1 aliphatic heterocycles. The monoisotopic (exact) mass is 260 g/mol. The summed E-state index contributed by atoms with van der Waals surface area (Å²) in [5.41, 5.74) is 1.10. The minimum atomic E-state index is -0.238. The van der Waals surface area contributed by atoms with Gasteiger partial charge in [0, 0.05) is 13.0 Å². The predicted molar refractivity (Wildman–Crippen MR) is 73.3 cm³/mol. The summed E-state index contributed by atoms with van der Waals surface area (Å²) in [5, 5.41) is 5.76. The van der Waals surface area contributed by atoms with Crippen LogP contribution in [0.2, 0.25) is 0 Å². The van der Waals surface area contributed by atoms with E-state index in [0.29, 0.717) is 18.9 Å². The van der Waals surface area contributed by atoms with E-state index in [1.54, 1.807) is 0 Å². The Morgan fingerprint density at radius 3 is 2.53 bits per heavy atom. The molecule has 2 atom stereocenters. The summed E-state index contributed by atoms with van der Waals surface area (Å²) in [5.74, 6) is -0.0178. The summed E-state index contributed by atoms with van der Waals surface area (Å²) in [4.78, 5) is 23.3. The maximum atomic E-state index is 12.2. The van der Waals surface area contributed by atoms with E-state index in [0.717, 1.165) is 5.56 Å².